The molecular weight excluding hydrogens is 436 g/mol. The molecule has 0 spiro atoms. The fourth-order valence-electron chi connectivity index (χ4n) is 3.25. The van der Waals surface area contributed by atoms with Crippen LogP contribution in [-0.2, 0) is 12.3 Å². The quantitative estimate of drug-likeness (QED) is 0.244. The van der Waals surface area contributed by atoms with Gasteiger partial charge in [-0.1, -0.05) is 41.6 Å². The second-order valence-corrected chi connectivity index (χ2v) is 8.72. The summed E-state index contributed by atoms with van der Waals surface area (Å²) >= 11 is 9.79. The Morgan fingerprint density at radius 2 is 1.93 bits per heavy atom. The molecule has 0 fully saturated rings. The molecule has 0 aliphatic rings. The summed E-state index contributed by atoms with van der Waals surface area (Å²) in [7, 11) is 1.66. The van der Waals surface area contributed by atoms with Crippen LogP contribution in [0.1, 0.15) is 12.5 Å². The molecule has 4 aromatic rings. The Kier molecular flexibility index (Phi) is 6.51. The number of aromatic nitrogens is 4. The minimum absolute atomic E-state index is 0.528. The lowest BCUT2D eigenvalue weighted by molar-refractivity contribution is 0.416. The first-order chi connectivity index (χ1) is 14.6. The maximum absolute atomic E-state index is 6.49. The van der Waals surface area contributed by atoms with Crippen molar-refractivity contribution in [1.82, 2.24) is 19.7 Å². The van der Waals surface area contributed by atoms with Crippen molar-refractivity contribution < 1.29 is 4.74 Å². The summed E-state index contributed by atoms with van der Waals surface area (Å²) in [5.74, 6) is 2.24. The zero-order chi connectivity index (χ0) is 21.1. The molecule has 0 atom stereocenters. The third kappa shape index (κ3) is 4.15. The van der Waals surface area contributed by atoms with Crippen LogP contribution in [0.25, 0.3) is 22.3 Å². The largest absolute Gasteiger partial charge is 0.496 e. The molecule has 154 valence electrons. The van der Waals surface area contributed by atoms with Gasteiger partial charge in [0, 0.05) is 28.1 Å². The second-order valence-electron chi connectivity index (χ2n) is 6.54. The molecule has 0 saturated heterocycles. The summed E-state index contributed by atoms with van der Waals surface area (Å²) in [6.07, 6.45) is 2.05. The molecule has 2 aromatic heterocycles. The van der Waals surface area contributed by atoms with Crippen LogP contribution in [0.15, 0.2) is 58.6 Å². The molecule has 2 aromatic carbocycles. The zero-order valence-electron chi connectivity index (χ0n) is 16.9. The summed E-state index contributed by atoms with van der Waals surface area (Å²) in [4.78, 5) is 5.77. The number of halogens is 1. The van der Waals surface area contributed by atoms with Crippen LogP contribution in [0, 0.1) is 0 Å². The first-order valence-corrected chi connectivity index (χ1v) is 12.1. The number of methoxy groups -OCH3 is 1. The second kappa shape index (κ2) is 9.29. The maximum Gasteiger partial charge on any atom is 0.191 e. The molecule has 30 heavy (non-hydrogen) atoms. The number of thioether (sulfide) groups is 2. The van der Waals surface area contributed by atoms with E-state index in [9.17, 15) is 0 Å². The van der Waals surface area contributed by atoms with Gasteiger partial charge in [0.25, 0.3) is 0 Å². The molecule has 0 unspecified atom stereocenters. The molecule has 0 aliphatic heterocycles. The van der Waals surface area contributed by atoms with Gasteiger partial charge in [0.1, 0.15) is 10.9 Å². The summed E-state index contributed by atoms with van der Waals surface area (Å²) in [5, 5.41) is 11.3. The summed E-state index contributed by atoms with van der Waals surface area (Å²) < 4.78 is 7.59. The van der Waals surface area contributed by atoms with Gasteiger partial charge < -0.3 is 9.30 Å². The first-order valence-electron chi connectivity index (χ1n) is 9.47. The van der Waals surface area contributed by atoms with Gasteiger partial charge in [0.15, 0.2) is 11.0 Å². The molecule has 2 heterocycles. The van der Waals surface area contributed by atoms with Crippen LogP contribution in [0.3, 0.4) is 0 Å². The predicted octanol–water partition coefficient (Wildman–Crippen LogP) is 6.19. The maximum atomic E-state index is 6.49. The molecule has 5 nitrogen and oxygen atoms in total. The Morgan fingerprint density at radius 1 is 1.10 bits per heavy atom. The number of pyridine rings is 1. The summed E-state index contributed by atoms with van der Waals surface area (Å²) in [6.45, 7) is 2.84. The standard InChI is InChI=1S/C22H21ClN4OS2/c1-4-27-21(17-7-5-6-8-19(17)28-2)25-26-22(27)30-13-15-11-14-9-10-16(29-3)12-18(14)24-20(15)23/h5-12H,4,13H2,1-3H3. The topological polar surface area (TPSA) is 52.8 Å². The molecule has 0 aliphatic carbocycles. The van der Waals surface area contributed by atoms with Gasteiger partial charge in [-0.2, -0.15) is 0 Å². The van der Waals surface area contributed by atoms with Crippen molar-refractivity contribution in [2.75, 3.05) is 13.4 Å². The van der Waals surface area contributed by atoms with Crippen molar-refractivity contribution in [2.45, 2.75) is 29.3 Å². The lowest BCUT2D eigenvalue weighted by atomic mass is 10.2. The highest BCUT2D eigenvalue weighted by molar-refractivity contribution is 7.98. The highest BCUT2D eigenvalue weighted by atomic mass is 35.5. The van der Waals surface area contributed by atoms with Gasteiger partial charge in [-0.15, -0.1) is 22.0 Å². The third-order valence-electron chi connectivity index (χ3n) is 4.79. The number of nitrogens with zero attached hydrogens (tertiary/aromatic N) is 4. The summed E-state index contributed by atoms with van der Waals surface area (Å²) in [6, 6.07) is 16.2. The van der Waals surface area contributed by atoms with Gasteiger partial charge in [-0.3, -0.25) is 0 Å². The number of rotatable bonds is 7. The monoisotopic (exact) mass is 456 g/mol. The fraction of sp³-hybridized carbons (Fsp3) is 0.227. The highest BCUT2D eigenvalue weighted by Crippen LogP contribution is 2.33. The molecule has 0 saturated carbocycles. The predicted molar refractivity (Wildman–Crippen MR) is 126 cm³/mol. The van der Waals surface area contributed by atoms with E-state index >= 15 is 0 Å². The normalized spacial score (nSPS) is 11.2. The Labute approximate surface area is 189 Å². The van der Waals surface area contributed by atoms with E-state index < -0.39 is 0 Å². The lowest BCUT2D eigenvalue weighted by Gasteiger charge is -2.11. The Bertz CT molecular complexity index is 1200. The number of hydrogen-bond donors (Lipinski definition) is 0. The van der Waals surface area contributed by atoms with E-state index in [4.69, 9.17) is 16.3 Å². The van der Waals surface area contributed by atoms with Crippen molar-refractivity contribution in [3.63, 3.8) is 0 Å². The van der Waals surface area contributed by atoms with Gasteiger partial charge in [0.05, 0.1) is 18.2 Å². The minimum atomic E-state index is 0.528. The molecule has 0 radical (unpaired) electrons. The minimum Gasteiger partial charge on any atom is -0.496 e. The molecule has 8 heteroatoms. The molecule has 0 bridgehead atoms. The van der Waals surface area contributed by atoms with Crippen LogP contribution < -0.4 is 4.74 Å². The van der Waals surface area contributed by atoms with E-state index in [1.165, 1.54) is 4.90 Å². The van der Waals surface area contributed by atoms with Crippen molar-refractivity contribution in [3.8, 4) is 17.1 Å². The third-order valence-corrected chi connectivity index (χ3v) is 6.86. The van der Waals surface area contributed by atoms with Gasteiger partial charge in [0.2, 0.25) is 0 Å². The molecule has 4 rings (SSSR count). The molecule has 0 N–H and O–H groups in total. The Hall–Kier alpha value is -2.22. The number of benzene rings is 2. The van der Waals surface area contributed by atoms with E-state index in [1.807, 2.05) is 24.3 Å². The Morgan fingerprint density at radius 3 is 2.70 bits per heavy atom. The van der Waals surface area contributed by atoms with E-state index in [0.29, 0.717) is 10.9 Å². The molecule has 0 amide bonds. The van der Waals surface area contributed by atoms with Crippen LogP contribution >= 0.6 is 35.1 Å². The first kappa shape index (κ1) is 21.0. The average molecular weight is 457 g/mol. The lowest BCUT2D eigenvalue weighted by Crippen LogP contribution is -2.01. The van der Waals surface area contributed by atoms with Crippen LogP contribution in [-0.4, -0.2) is 33.1 Å². The zero-order valence-corrected chi connectivity index (χ0v) is 19.3. The SMILES string of the molecule is CCn1c(SCc2cc3ccc(SC)cc3nc2Cl)nnc1-c1ccccc1OC. The fourth-order valence-corrected chi connectivity index (χ4v) is 4.95. The van der Waals surface area contributed by atoms with Crippen LogP contribution in [0.4, 0.5) is 0 Å². The summed E-state index contributed by atoms with van der Waals surface area (Å²) in [5.41, 5.74) is 2.82. The number of hydrogen-bond acceptors (Lipinski definition) is 6. The molecular formula is C22H21ClN4OS2. The van der Waals surface area contributed by atoms with E-state index in [1.54, 1.807) is 30.6 Å². The van der Waals surface area contributed by atoms with E-state index in [2.05, 4.69) is 57.2 Å². The van der Waals surface area contributed by atoms with Crippen molar-refractivity contribution in [2.24, 2.45) is 0 Å². The Balaban J connectivity index is 1.61. The van der Waals surface area contributed by atoms with Crippen molar-refractivity contribution >= 4 is 46.0 Å². The van der Waals surface area contributed by atoms with Crippen LogP contribution in [0.2, 0.25) is 5.15 Å². The van der Waals surface area contributed by atoms with Gasteiger partial charge in [-0.05, 0) is 43.5 Å². The highest BCUT2D eigenvalue weighted by Gasteiger charge is 2.17. The van der Waals surface area contributed by atoms with E-state index in [-0.39, 0.29) is 0 Å². The van der Waals surface area contributed by atoms with Crippen molar-refractivity contribution in [1.29, 1.82) is 0 Å². The van der Waals surface area contributed by atoms with E-state index in [0.717, 1.165) is 45.3 Å². The number of para-hydroxylation sites is 1. The smallest absolute Gasteiger partial charge is 0.191 e. The average Bonchev–Trinajstić information content (AvgIpc) is 3.19. The van der Waals surface area contributed by atoms with Crippen LogP contribution in [0.5, 0.6) is 5.75 Å². The van der Waals surface area contributed by atoms with Gasteiger partial charge >= 0.3 is 0 Å². The number of fused-ring (bicyclic) bond motifs is 1. The van der Waals surface area contributed by atoms with Crippen molar-refractivity contribution in [3.05, 3.63) is 59.2 Å². The van der Waals surface area contributed by atoms with Gasteiger partial charge in [-0.25, -0.2) is 4.98 Å². The number of ether oxygens (including phenoxy) is 1.